The van der Waals surface area contributed by atoms with Gasteiger partial charge in [-0.3, -0.25) is 0 Å². The van der Waals surface area contributed by atoms with Crippen LogP contribution in [-0.2, 0) is 17.8 Å². The first kappa shape index (κ1) is 18.4. The maximum absolute atomic E-state index is 13.0. The van der Waals surface area contributed by atoms with Crippen LogP contribution in [0.15, 0.2) is 30.5 Å². The molecule has 0 aliphatic carbocycles. The molecule has 3 heterocycles. The lowest BCUT2D eigenvalue weighted by Gasteiger charge is -2.20. The SMILES string of the molecule is Fc1ccc(-c2cnc3n2CC2(CCNC2)C3)cc1.O=C(O)C(F)(F)F. The average molecular weight is 371 g/mol. The number of nitrogens with zero attached hydrogens (tertiary/aromatic N) is 2. The molecule has 4 rings (SSSR count). The Hall–Kier alpha value is -2.42. The number of imidazole rings is 1. The largest absolute Gasteiger partial charge is 0.490 e. The van der Waals surface area contributed by atoms with Gasteiger partial charge in [0.1, 0.15) is 11.6 Å². The average Bonchev–Trinajstić information content (AvgIpc) is 3.25. The highest BCUT2D eigenvalue weighted by molar-refractivity contribution is 5.73. The molecule has 1 saturated heterocycles. The van der Waals surface area contributed by atoms with Gasteiger partial charge in [0.15, 0.2) is 0 Å². The van der Waals surface area contributed by atoms with E-state index in [2.05, 4.69) is 14.9 Å². The molecule has 2 aromatic rings. The van der Waals surface area contributed by atoms with Crippen LogP contribution in [0.3, 0.4) is 0 Å². The molecule has 0 bridgehead atoms. The first-order valence-electron chi connectivity index (χ1n) is 8.01. The number of fused-ring (bicyclic) bond motifs is 1. The molecule has 140 valence electrons. The van der Waals surface area contributed by atoms with Gasteiger partial charge in [-0.15, -0.1) is 0 Å². The van der Waals surface area contributed by atoms with Gasteiger partial charge < -0.3 is 15.0 Å². The molecule has 1 fully saturated rings. The van der Waals surface area contributed by atoms with E-state index in [-0.39, 0.29) is 5.82 Å². The molecule has 2 aliphatic rings. The summed E-state index contributed by atoms with van der Waals surface area (Å²) in [5.74, 6) is -1.78. The summed E-state index contributed by atoms with van der Waals surface area (Å²) in [7, 11) is 0. The second-order valence-electron chi connectivity index (χ2n) is 6.56. The minimum atomic E-state index is -5.08. The van der Waals surface area contributed by atoms with Crippen molar-refractivity contribution in [3.8, 4) is 11.3 Å². The highest BCUT2D eigenvalue weighted by Crippen LogP contribution is 2.39. The summed E-state index contributed by atoms with van der Waals surface area (Å²) >= 11 is 0. The van der Waals surface area contributed by atoms with E-state index in [0.717, 1.165) is 37.3 Å². The van der Waals surface area contributed by atoms with Gasteiger partial charge in [-0.25, -0.2) is 14.2 Å². The number of aliphatic carboxylic acids is 1. The summed E-state index contributed by atoms with van der Waals surface area (Å²) < 4.78 is 47.1. The van der Waals surface area contributed by atoms with E-state index in [1.165, 1.54) is 24.4 Å². The Morgan fingerprint density at radius 1 is 1.27 bits per heavy atom. The van der Waals surface area contributed by atoms with Gasteiger partial charge in [0.2, 0.25) is 0 Å². The van der Waals surface area contributed by atoms with E-state index in [0.29, 0.717) is 5.41 Å². The fraction of sp³-hybridized carbons (Fsp3) is 0.412. The zero-order chi connectivity index (χ0) is 18.9. The molecule has 0 radical (unpaired) electrons. The highest BCUT2D eigenvalue weighted by atomic mass is 19.4. The van der Waals surface area contributed by atoms with Crippen LogP contribution in [0.5, 0.6) is 0 Å². The number of carboxylic acids is 1. The van der Waals surface area contributed by atoms with Gasteiger partial charge in [0.05, 0.1) is 11.9 Å². The number of nitrogens with one attached hydrogen (secondary N) is 1. The normalized spacial score (nSPS) is 21.4. The molecule has 1 atom stereocenters. The fourth-order valence-electron chi connectivity index (χ4n) is 3.39. The highest BCUT2D eigenvalue weighted by Gasteiger charge is 2.41. The van der Waals surface area contributed by atoms with Crippen LogP contribution < -0.4 is 5.32 Å². The van der Waals surface area contributed by atoms with Crippen molar-refractivity contribution in [2.75, 3.05) is 13.1 Å². The molecule has 5 nitrogen and oxygen atoms in total. The maximum atomic E-state index is 13.0. The zero-order valence-corrected chi connectivity index (χ0v) is 13.7. The Bertz CT molecular complexity index is 793. The number of hydrogen-bond acceptors (Lipinski definition) is 3. The third-order valence-electron chi connectivity index (χ3n) is 4.68. The van der Waals surface area contributed by atoms with Crippen LogP contribution in [-0.4, -0.2) is 39.9 Å². The van der Waals surface area contributed by atoms with Crippen LogP contribution in [0.2, 0.25) is 0 Å². The van der Waals surface area contributed by atoms with Crippen molar-refractivity contribution in [1.82, 2.24) is 14.9 Å². The number of halogens is 4. The van der Waals surface area contributed by atoms with Gasteiger partial charge in [-0.2, -0.15) is 13.2 Å². The van der Waals surface area contributed by atoms with E-state index in [1.54, 1.807) is 0 Å². The van der Waals surface area contributed by atoms with E-state index < -0.39 is 12.1 Å². The van der Waals surface area contributed by atoms with Gasteiger partial charge in [0, 0.05) is 24.9 Å². The Morgan fingerprint density at radius 3 is 2.46 bits per heavy atom. The van der Waals surface area contributed by atoms with Gasteiger partial charge in [-0.05, 0) is 42.8 Å². The molecule has 1 aromatic carbocycles. The molecule has 1 aromatic heterocycles. The van der Waals surface area contributed by atoms with Crippen LogP contribution >= 0.6 is 0 Å². The third-order valence-corrected chi connectivity index (χ3v) is 4.68. The smallest absolute Gasteiger partial charge is 0.475 e. The maximum Gasteiger partial charge on any atom is 0.490 e. The minimum Gasteiger partial charge on any atom is -0.475 e. The van der Waals surface area contributed by atoms with Crippen molar-refractivity contribution in [2.45, 2.75) is 25.6 Å². The molecule has 2 aliphatic heterocycles. The van der Waals surface area contributed by atoms with Gasteiger partial charge in [0.25, 0.3) is 0 Å². The van der Waals surface area contributed by atoms with Crippen molar-refractivity contribution in [1.29, 1.82) is 0 Å². The summed E-state index contributed by atoms with van der Waals surface area (Å²) in [6.45, 7) is 3.22. The van der Waals surface area contributed by atoms with Crippen LogP contribution in [0.1, 0.15) is 12.2 Å². The quantitative estimate of drug-likeness (QED) is 0.757. The van der Waals surface area contributed by atoms with E-state index >= 15 is 0 Å². The number of alkyl halides is 3. The number of hydrogen-bond donors (Lipinski definition) is 2. The van der Waals surface area contributed by atoms with E-state index in [4.69, 9.17) is 9.90 Å². The molecule has 9 heteroatoms. The van der Waals surface area contributed by atoms with Crippen molar-refractivity contribution < 1.29 is 27.5 Å². The third kappa shape index (κ3) is 3.72. The number of benzene rings is 1. The summed E-state index contributed by atoms with van der Waals surface area (Å²) in [4.78, 5) is 13.5. The minimum absolute atomic E-state index is 0.193. The zero-order valence-electron chi connectivity index (χ0n) is 13.7. The summed E-state index contributed by atoms with van der Waals surface area (Å²) in [5, 5.41) is 10.6. The molecule has 2 N–H and O–H groups in total. The lowest BCUT2D eigenvalue weighted by Crippen LogP contribution is -2.25. The lowest BCUT2D eigenvalue weighted by atomic mass is 9.86. The lowest BCUT2D eigenvalue weighted by molar-refractivity contribution is -0.192. The van der Waals surface area contributed by atoms with Crippen molar-refractivity contribution in [3.63, 3.8) is 0 Å². The van der Waals surface area contributed by atoms with Gasteiger partial charge >= 0.3 is 12.1 Å². The van der Waals surface area contributed by atoms with Crippen LogP contribution in [0, 0.1) is 11.2 Å². The second kappa shape index (κ2) is 6.71. The molecule has 0 saturated carbocycles. The first-order valence-corrected chi connectivity index (χ1v) is 8.01. The van der Waals surface area contributed by atoms with Crippen molar-refractivity contribution in [2.24, 2.45) is 5.41 Å². The van der Waals surface area contributed by atoms with Crippen LogP contribution in [0.4, 0.5) is 17.6 Å². The molecule has 1 unspecified atom stereocenters. The predicted octanol–water partition coefficient (Wildman–Crippen LogP) is 2.86. The van der Waals surface area contributed by atoms with Crippen LogP contribution in [0.25, 0.3) is 11.3 Å². The second-order valence-corrected chi connectivity index (χ2v) is 6.56. The Morgan fingerprint density at radius 2 is 1.92 bits per heavy atom. The Balaban J connectivity index is 0.000000242. The summed E-state index contributed by atoms with van der Waals surface area (Å²) in [6.07, 6.45) is -0.891. The van der Waals surface area contributed by atoms with Gasteiger partial charge in [-0.1, -0.05) is 0 Å². The Labute approximate surface area is 146 Å². The molecular weight excluding hydrogens is 354 g/mol. The summed E-state index contributed by atoms with van der Waals surface area (Å²) in [6, 6.07) is 6.68. The van der Waals surface area contributed by atoms with E-state index in [1.807, 2.05) is 18.3 Å². The molecule has 1 spiro atoms. The monoisotopic (exact) mass is 371 g/mol. The molecular formula is C17H17F4N3O2. The first-order chi connectivity index (χ1) is 12.2. The van der Waals surface area contributed by atoms with E-state index in [9.17, 15) is 17.6 Å². The topological polar surface area (TPSA) is 67.2 Å². The molecule has 26 heavy (non-hydrogen) atoms. The molecule has 0 amide bonds. The number of rotatable bonds is 1. The fourth-order valence-corrected chi connectivity index (χ4v) is 3.39. The predicted molar refractivity (Wildman–Crippen MR) is 84.9 cm³/mol. The Kier molecular flexibility index (Phi) is 4.74. The standard InChI is InChI=1S/C15H16FN3.C2HF3O2/c16-12-3-1-11(2-4-12)13-8-18-14-7-15(10-19(13)14)5-6-17-9-15;3-2(4,5)1(6)7/h1-4,8,17H,5-7,9-10H2;(H,6,7). The summed E-state index contributed by atoms with van der Waals surface area (Å²) in [5.41, 5.74) is 2.51. The number of carboxylic acid groups (broad SMARTS) is 1. The number of aromatic nitrogens is 2. The van der Waals surface area contributed by atoms with Crippen molar-refractivity contribution >= 4 is 5.97 Å². The number of carbonyl (C=O) groups is 1. The van der Waals surface area contributed by atoms with Crippen molar-refractivity contribution in [3.05, 3.63) is 42.1 Å².